The summed E-state index contributed by atoms with van der Waals surface area (Å²) in [7, 11) is -2.83. The lowest BCUT2D eigenvalue weighted by atomic mass is 9.94. The minimum absolute atomic E-state index is 0.201. The molecule has 1 atom stereocenters. The van der Waals surface area contributed by atoms with Crippen molar-refractivity contribution in [2.45, 2.75) is 51.6 Å². The minimum Gasteiger partial charge on any atom is -0.458 e. The van der Waals surface area contributed by atoms with Crippen molar-refractivity contribution in [2.75, 3.05) is 24.6 Å². The summed E-state index contributed by atoms with van der Waals surface area (Å²) >= 11 is 0. The molecule has 4 rings (SSSR count). The van der Waals surface area contributed by atoms with Gasteiger partial charge in [0.15, 0.2) is 15.6 Å². The summed E-state index contributed by atoms with van der Waals surface area (Å²) in [5.74, 6) is 4.27. The van der Waals surface area contributed by atoms with Crippen LogP contribution in [0.5, 0.6) is 0 Å². The monoisotopic (exact) mass is 378 g/mol. The highest BCUT2D eigenvalue weighted by atomic mass is 32.2. The molecule has 7 nitrogen and oxygen atoms in total. The summed E-state index contributed by atoms with van der Waals surface area (Å²) in [4.78, 5) is 7.13. The first-order chi connectivity index (χ1) is 12.4. The molecule has 0 saturated carbocycles. The second kappa shape index (κ2) is 6.81. The van der Waals surface area contributed by atoms with Crippen LogP contribution in [0.3, 0.4) is 0 Å². The largest absolute Gasteiger partial charge is 0.458 e. The van der Waals surface area contributed by atoms with Crippen molar-refractivity contribution in [2.24, 2.45) is 0 Å². The van der Waals surface area contributed by atoms with Crippen LogP contribution in [-0.4, -0.2) is 58.7 Å². The maximum Gasteiger partial charge on any atom is 0.217 e. The quantitative estimate of drug-likeness (QED) is 0.812. The van der Waals surface area contributed by atoms with Gasteiger partial charge in [-0.15, -0.1) is 5.10 Å². The molecule has 2 saturated heterocycles. The fourth-order valence-electron chi connectivity index (χ4n) is 4.13. The maximum absolute atomic E-state index is 11.7. The number of aryl methyl sites for hydroxylation is 2. The Morgan fingerprint density at radius 3 is 2.58 bits per heavy atom. The summed E-state index contributed by atoms with van der Waals surface area (Å²) in [6.07, 6.45) is 2.76. The Bertz CT molecular complexity index is 878. The van der Waals surface area contributed by atoms with Gasteiger partial charge in [0, 0.05) is 18.5 Å². The Kier molecular flexibility index (Phi) is 4.64. The predicted octanol–water partition coefficient (Wildman–Crippen LogP) is 2.23. The standard InChI is InChI=1S/C18H26N4O3S/c1-3-22-18(19-17(20-22)16-5-4-13(2)25-16)14-6-9-21(10-7-14)15-8-11-26(23,24)12-15/h4-5,14-15H,3,6-12H2,1-2H3/t15-/m0/s1. The van der Waals surface area contributed by atoms with Gasteiger partial charge in [-0.2, -0.15) is 0 Å². The molecule has 0 aliphatic carbocycles. The van der Waals surface area contributed by atoms with E-state index < -0.39 is 9.84 Å². The third-order valence-corrected chi connectivity index (χ3v) is 7.33. The minimum atomic E-state index is -2.83. The molecule has 0 radical (unpaired) electrons. The van der Waals surface area contributed by atoms with Crippen molar-refractivity contribution in [1.82, 2.24) is 19.7 Å². The van der Waals surface area contributed by atoms with Gasteiger partial charge in [0.1, 0.15) is 11.6 Å². The second-order valence-electron chi connectivity index (χ2n) is 7.39. The topological polar surface area (TPSA) is 81.2 Å². The van der Waals surface area contributed by atoms with Gasteiger partial charge in [0.25, 0.3) is 0 Å². The zero-order chi connectivity index (χ0) is 18.3. The number of rotatable bonds is 4. The highest BCUT2D eigenvalue weighted by molar-refractivity contribution is 7.91. The van der Waals surface area contributed by atoms with E-state index in [1.165, 1.54) is 0 Å². The Hall–Kier alpha value is -1.67. The van der Waals surface area contributed by atoms with E-state index in [0.29, 0.717) is 29.0 Å². The first kappa shape index (κ1) is 17.7. The number of likely N-dealkylation sites (tertiary alicyclic amines) is 1. The van der Waals surface area contributed by atoms with E-state index in [1.807, 2.05) is 23.7 Å². The van der Waals surface area contributed by atoms with E-state index in [1.54, 1.807) is 0 Å². The van der Waals surface area contributed by atoms with Crippen molar-refractivity contribution in [3.8, 4) is 11.6 Å². The average molecular weight is 378 g/mol. The Morgan fingerprint density at radius 1 is 1.23 bits per heavy atom. The van der Waals surface area contributed by atoms with Crippen molar-refractivity contribution in [3.05, 3.63) is 23.7 Å². The predicted molar refractivity (Wildman–Crippen MR) is 98.7 cm³/mol. The lowest BCUT2D eigenvalue weighted by Gasteiger charge is -2.35. The molecule has 2 aliphatic rings. The lowest BCUT2D eigenvalue weighted by molar-refractivity contribution is 0.161. The fraction of sp³-hybridized carbons (Fsp3) is 0.667. The van der Waals surface area contributed by atoms with Gasteiger partial charge in [-0.05, 0) is 58.3 Å². The van der Waals surface area contributed by atoms with Crippen LogP contribution in [0.25, 0.3) is 11.6 Å². The first-order valence-electron chi connectivity index (χ1n) is 9.41. The van der Waals surface area contributed by atoms with Gasteiger partial charge in [-0.25, -0.2) is 18.1 Å². The summed E-state index contributed by atoms with van der Waals surface area (Å²) < 4.78 is 31.1. The molecule has 142 valence electrons. The molecule has 2 aromatic heterocycles. The number of nitrogens with zero attached hydrogens (tertiary/aromatic N) is 4. The van der Waals surface area contributed by atoms with E-state index >= 15 is 0 Å². The number of piperidine rings is 1. The lowest BCUT2D eigenvalue weighted by Crippen LogP contribution is -2.42. The average Bonchev–Trinajstić information content (AvgIpc) is 3.32. The molecule has 0 N–H and O–H groups in total. The van der Waals surface area contributed by atoms with Crippen molar-refractivity contribution in [3.63, 3.8) is 0 Å². The Labute approximate surface area is 154 Å². The van der Waals surface area contributed by atoms with Crippen LogP contribution in [0.4, 0.5) is 0 Å². The van der Waals surface area contributed by atoms with E-state index in [4.69, 9.17) is 9.40 Å². The molecule has 2 aromatic rings. The molecule has 4 heterocycles. The second-order valence-corrected chi connectivity index (χ2v) is 9.62. The first-order valence-corrected chi connectivity index (χ1v) is 11.2. The van der Waals surface area contributed by atoms with Crippen LogP contribution < -0.4 is 0 Å². The van der Waals surface area contributed by atoms with Gasteiger partial charge in [0.05, 0.1) is 11.5 Å². The van der Waals surface area contributed by atoms with Gasteiger partial charge >= 0.3 is 0 Å². The van der Waals surface area contributed by atoms with E-state index in [0.717, 1.165) is 50.5 Å². The number of aromatic nitrogens is 3. The molecule has 0 amide bonds. The molecule has 2 fully saturated rings. The normalized spacial score (nSPS) is 24.3. The zero-order valence-electron chi connectivity index (χ0n) is 15.4. The smallest absolute Gasteiger partial charge is 0.217 e. The van der Waals surface area contributed by atoms with Crippen LogP contribution >= 0.6 is 0 Å². The summed E-state index contributed by atoms with van der Waals surface area (Å²) in [5.41, 5.74) is 0. The van der Waals surface area contributed by atoms with E-state index in [-0.39, 0.29) is 6.04 Å². The Balaban J connectivity index is 1.46. The number of sulfone groups is 1. The third-order valence-electron chi connectivity index (χ3n) is 5.58. The van der Waals surface area contributed by atoms with E-state index in [9.17, 15) is 8.42 Å². The van der Waals surface area contributed by atoms with Gasteiger partial charge in [-0.3, -0.25) is 4.90 Å². The summed E-state index contributed by atoms with van der Waals surface area (Å²) in [6.45, 7) is 6.63. The van der Waals surface area contributed by atoms with Crippen LogP contribution in [-0.2, 0) is 16.4 Å². The maximum atomic E-state index is 11.7. The van der Waals surface area contributed by atoms with Crippen LogP contribution in [0, 0.1) is 6.92 Å². The molecule has 0 aromatic carbocycles. The molecule has 0 unspecified atom stereocenters. The highest BCUT2D eigenvalue weighted by Gasteiger charge is 2.35. The summed E-state index contributed by atoms with van der Waals surface area (Å²) in [5, 5.41) is 4.62. The fourth-order valence-corrected chi connectivity index (χ4v) is 5.90. The molecule has 2 aliphatic heterocycles. The number of furan rings is 1. The molecule has 8 heteroatoms. The van der Waals surface area contributed by atoms with Gasteiger partial charge in [0.2, 0.25) is 5.82 Å². The zero-order valence-corrected chi connectivity index (χ0v) is 16.2. The highest BCUT2D eigenvalue weighted by Crippen LogP contribution is 2.31. The molecule has 26 heavy (non-hydrogen) atoms. The van der Waals surface area contributed by atoms with Crippen molar-refractivity contribution in [1.29, 1.82) is 0 Å². The molecule has 0 spiro atoms. The number of hydrogen-bond donors (Lipinski definition) is 0. The molecular formula is C18H26N4O3S. The van der Waals surface area contributed by atoms with Crippen LogP contribution in [0.2, 0.25) is 0 Å². The van der Waals surface area contributed by atoms with Crippen molar-refractivity contribution >= 4 is 9.84 Å². The van der Waals surface area contributed by atoms with E-state index in [2.05, 4.69) is 16.9 Å². The van der Waals surface area contributed by atoms with Gasteiger partial charge in [-0.1, -0.05) is 0 Å². The SMILES string of the molecule is CCn1nc(-c2ccc(C)o2)nc1C1CCN([C@H]2CCS(=O)(=O)C2)CC1. The molecule has 0 bridgehead atoms. The number of hydrogen-bond acceptors (Lipinski definition) is 6. The Morgan fingerprint density at radius 2 is 2.00 bits per heavy atom. The van der Waals surface area contributed by atoms with Gasteiger partial charge < -0.3 is 4.42 Å². The van der Waals surface area contributed by atoms with Crippen molar-refractivity contribution < 1.29 is 12.8 Å². The van der Waals surface area contributed by atoms with Crippen LogP contribution in [0.1, 0.15) is 43.7 Å². The summed E-state index contributed by atoms with van der Waals surface area (Å²) in [6, 6.07) is 4.04. The van der Waals surface area contributed by atoms with Crippen LogP contribution in [0.15, 0.2) is 16.5 Å². The third kappa shape index (κ3) is 3.44. The molecular weight excluding hydrogens is 352 g/mol.